The Bertz CT molecular complexity index is 900. The molecule has 0 aliphatic carbocycles. The molecule has 4 heteroatoms. The first-order valence-corrected chi connectivity index (χ1v) is 8.22. The Morgan fingerprint density at radius 2 is 1.71 bits per heavy atom. The smallest absolute Gasteiger partial charge is 0.0839 e. The first-order chi connectivity index (χ1) is 11.5. The predicted octanol–water partition coefficient (Wildman–Crippen LogP) is 4.29. The van der Waals surface area contributed by atoms with Gasteiger partial charge in [-0.25, -0.2) is 0 Å². The van der Waals surface area contributed by atoms with Crippen molar-refractivity contribution in [2.75, 3.05) is 5.01 Å². The zero-order chi connectivity index (χ0) is 16.7. The van der Waals surface area contributed by atoms with Gasteiger partial charge in [0.15, 0.2) is 0 Å². The number of anilines is 1. The molecule has 0 saturated heterocycles. The quantitative estimate of drug-likeness (QED) is 0.660. The van der Waals surface area contributed by atoms with Gasteiger partial charge >= 0.3 is 0 Å². The summed E-state index contributed by atoms with van der Waals surface area (Å²) in [6, 6.07) is 19.1. The second-order valence-electron chi connectivity index (χ2n) is 7.19. The van der Waals surface area contributed by atoms with Crippen LogP contribution in [0, 0.1) is 0 Å². The average molecular weight is 318 g/mol. The summed E-state index contributed by atoms with van der Waals surface area (Å²) in [6.45, 7) is 6.67. The molecule has 24 heavy (non-hydrogen) atoms. The summed E-state index contributed by atoms with van der Waals surface area (Å²) >= 11 is 0. The summed E-state index contributed by atoms with van der Waals surface area (Å²) in [4.78, 5) is 3.53. The van der Waals surface area contributed by atoms with Crippen molar-refractivity contribution >= 4 is 22.3 Å². The van der Waals surface area contributed by atoms with Gasteiger partial charge in [-0.05, 0) is 24.3 Å². The highest BCUT2D eigenvalue weighted by molar-refractivity contribution is 5.88. The van der Waals surface area contributed by atoms with E-state index in [4.69, 9.17) is 0 Å². The van der Waals surface area contributed by atoms with Crippen LogP contribution in [-0.2, 0) is 5.41 Å². The van der Waals surface area contributed by atoms with Crippen molar-refractivity contribution in [2.24, 2.45) is 0 Å². The van der Waals surface area contributed by atoms with Crippen LogP contribution in [-0.4, -0.2) is 4.98 Å². The van der Waals surface area contributed by atoms with Crippen LogP contribution in [0.4, 0.5) is 5.69 Å². The number of fused-ring (bicyclic) bond motifs is 1. The van der Waals surface area contributed by atoms with Gasteiger partial charge in [-0.3, -0.25) is 5.01 Å². The lowest BCUT2D eigenvalue weighted by Gasteiger charge is -2.21. The van der Waals surface area contributed by atoms with Crippen LogP contribution in [0.3, 0.4) is 0 Å². The normalized spacial score (nSPS) is 14.8. The Morgan fingerprint density at radius 1 is 0.917 bits per heavy atom. The maximum atomic E-state index is 3.53. The van der Waals surface area contributed by atoms with Crippen molar-refractivity contribution in [1.29, 1.82) is 0 Å². The summed E-state index contributed by atoms with van der Waals surface area (Å²) in [5, 5.41) is 3.29. The lowest BCUT2D eigenvalue weighted by molar-refractivity contribution is 0.574. The van der Waals surface area contributed by atoms with E-state index in [1.165, 1.54) is 22.2 Å². The molecule has 3 N–H and O–H groups in total. The van der Waals surface area contributed by atoms with Crippen LogP contribution in [0.5, 0.6) is 0 Å². The van der Waals surface area contributed by atoms with Crippen molar-refractivity contribution < 1.29 is 0 Å². The molecule has 122 valence electrons. The number of H-pyrrole nitrogens is 1. The van der Waals surface area contributed by atoms with Gasteiger partial charge in [-0.2, -0.15) is 0 Å². The SMILES string of the molecule is CC(C)(C)c1cc2cc(N3NNC=C3c3ccccc3)ccc2[nH]1. The third-order valence-corrected chi connectivity index (χ3v) is 4.37. The van der Waals surface area contributed by atoms with Crippen molar-refractivity contribution in [3.8, 4) is 0 Å². The molecule has 0 atom stereocenters. The minimum absolute atomic E-state index is 0.113. The summed E-state index contributed by atoms with van der Waals surface area (Å²) in [5.74, 6) is 0. The Morgan fingerprint density at radius 3 is 2.46 bits per heavy atom. The van der Waals surface area contributed by atoms with Crippen LogP contribution in [0.15, 0.2) is 60.8 Å². The molecule has 1 aromatic heterocycles. The molecule has 0 spiro atoms. The van der Waals surface area contributed by atoms with Gasteiger partial charge in [0.2, 0.25) is 0 Å². The fourth-order valence-corrected chi connectivity index (χ4v) is 2.98. The van der Waals surface area contributed by atoms with Crippen LogP contribution >= 0.6 is 0 Å². The largest absolute Gasteiger partial charge is 0.358 e. The molecule has 4 nitrogen and oxygen atoms in total. The van der Waals surface area contributed by atoms with Crippen LogP contribution in [0.25, 0.3) is 16.6 Å². The van der Waals surface area contributed by atoms with Gasteiger partial charge < -0.3 is 10.4 Å². The molecule has 0 bridgehead atoms. The molecule has 4 rings (SSSR count). The van der Waals surface area contributed by atoms with Gasteiger partial charge in [-0.15, -0.1) is 5.53 Å². The molecule has 0 unspecified atom stereocenters. The maximum Gasteiger partial charge on any atom is 0.0839 e. The monoisotopic (exact) mass is 318 g/mol. The summed E-state index contributed by atoms with van der Waals surface area (Å²) in [6.07, 6.45) is 1.98. The third-order valence-electron chi connectivity index (χ3n) is 4.37. The summed E-state index contributed by atoms with van der Waals surface area (Å²) < 4.78 is 0. The second kappa shape index (κ2) is 5.42. The molecule has 2 heterocycles. The highest BCUT2D eigenvalue weighted by Gasteiger charge is 2.20. The number of nitrogens with zero attached hydrogens (tertiary/aromatic N) is 1. The Hall–Kier alpha value is -2.72. The fraction of sp³-hybridized carbons (Fsp3) is 0.200. The minimum atomic E-state index is 0.113. The Labute approximate surface area is 142 Å². The van der Waals surface area contributed by atoms with Crippen molar-refractivity contribution in [3.63, 3.8) is 0 Å². The number of benzene rings is 2. The zero-order valence-electron chi connectivity index (χ0n) is 14.2. The van der Waals surface area contributed by atoms with Gasteiger partial charge in [0.25, 0.3) is 0 Å². The number of hydrogen-bond acceptors (Lipinski definition) is 3. The van der Waals surface area contributed by atoms with Crippen LogP contribution in [0.2, 0.25) is 0 Å². The molecule has 0 radical (unpaired) electrons. The van der Waals surface area contributed by atoms with Crippen molar-refractivity contribution in [1.82, 2.24) is 15.9 Å². The van der Waals surface area contributed by atoms with Gasteiger partial charge in [0, 0.05) is 33.8 Å². The van der Waals surface area contributed by atoms with Gasteiger partial charge in [-0.1, -0.05) is 51.1 Å². The van der Waals surface area contributed by atoms with E-state index in [2.05, 4.69) is 90.3 Å². The van der Waals surface area contributed by atoms with E-state index in [1.807, 2.05) is 12.3 Å². The summed E-state index contributed by atoms with van der Waals surface area (Å²) in [5.41, 5.74) is 12.2. The highest BCUT2D eigenvalue weighted by atomic mass is 15.7. The zero-order valence-corrected chi connectivity index (χ0v) is 14.2. The van der Waals surface area contributed by atoms with Gasteiger partial charge in [0.1, 0.15) is 0 Å². The molecule has 0 amide bonds. The van der Waals surface area contributed by atoms with Crippen molar-refractivity contribution in [3.05, 3.63) is 72.1 Å². The lowest BCUT2D eigenvalue weighted by atomic mass is 9.92. The first kappa shape index (κ1) is 14.8. The molecule has 0 fully saturated rings. The molecule has 1 aliphatic heterocycles. The number of aromatic amines is 1. The Kier molecular flexibility index (Phi) is 3.36. The standard InChI is InChI=1S/C20H22N4/c1-20(2,3)19-12-15-11-16(9-10-17(15)22-19)24-18(13-21-23-24)14-7-5-4-6-8-14/h4-13,21-23H,1-3H3. The molecule has 3 aromatic rings. The number of rotatable bonds is 2. The topological polar surface area (TPSA) is 43.1 Å². The maximum absolute atomic E-state index is 3.53. The van der Waals surface area contributed by atoms with E-state index in [-0.39, 0.29) is 5.41 Å². The predicted molar refractivity (Wildman–Crippen MR) is 100 cm³/mol. The molecule has 2 aromatic carbocycles. The van der Waals surface area contributed by atoms with E-state index in [0.29, 0.717) is 0 Å². The first-order valence-electron chi connectivity index (χ1n) is 8.22. The number of hydrazine groups is 2. The lowest BCUT2D eigenvalue weighted by Crippen LogP contribution is -2.36. The van der Waals surface area contributed by atoms with E-state index in [1.54, 1.807) is 0 Å². The second-order valence-corrected chi connectivity index (χ2v) is 7.19. The van der Waals surface area contributed by atoms with E-state index < -0.39 is 0 Å². The Balaban J connectivity index is 1.72. The van der Waals surface area contributed by atoms with E-state index in [9.17, 15) is 0 Å². The average Bonchev–Trinajstić information content (AvgIpc) is 3.21. The van der Waals surface area contributed by atoms with E-state index in [0.717, 1.165) is 11.4 Å². The molecular weight excluding hydrogens is 296 g/mol. The van der Waals surface area contributed by atoms with Crippen LogP contribution < -0.4 is 16.0 Å². The number of nitrogens with one attached hydrogen (secondary N) is 3. The molecular formula is C20H22N4. The van der Waals surface area contributed by atoms with Crippen LogP contribution in [0.1, 0.15) is 32.0 Å². The third kappa shape index (κ3) is 2.55. The highest BCUT2D eigenvalue weighted by Crippen LogP contribution is 2.31. The fourth-order valence-electron chi connectivity index (χ4n) is 2.98. The number of aromatic nitrogens is 1. The number of hydrogen-bond donors (Lipinski definition) is 3. The summed E-state index contributed by atoms with van der Waals surface area (Å²) in [7, 11) is 0. The molecule has 0 saturated carbocycles. The van der Waals surface area contributed by atoms with Gasteiger partial charge in [0.05, 0.1) is 11.4 Å². The minimum Gasteiger partial charge on any atom is -0.358 e. The molecule has 1 aliphatic rings. The van der Waals surface area contributed by atoms with Crippen molar-refractivity contribution in [2.45, 2.75) is 26.2 Å². The van der Waals surface area contributed by atoms with E-state index >= 15 is 0 Å².